The standard InChI is InChI=1S/C12H18ClN3/c1-8-3-9(2)5-10(4-8)15-12-7-14-6-11(13)16-12/h6-10H,3-5H2,1-2H3,(H,15,16). The van der Waals surface area contributed by atoms with Crippen molar-refractivity contribution in [1.29, 1.82) is 0 Å². The zero-order chi connectivity index (χ0) is 11.5. The minimum Gasteiger partial charge on any atom is -0.366 e. The van der Waals surface area contributed by atoms with Gasteiger partial charge in [0.1, 0.15) is 11.0 Å². The molecule has 2 atom stereocenters. The fraction of sp³-hybridized carbons (Fsp3) is 0.667. The number of hydrogen-bond donors (Lipinski definition) is 1. The van der Waals surface area contributed by atoms with Crippen LogP contribution >= 0.6 is 11.6 Å². The van der Waals surface area contributed by atoms with Crippen LogP contribution in [0.3, 0.4) is 0 Å². The molecule has 0 radical (unpaired) electrons. The third-order valence-electron chi connectivity index (χ3n) is 3.14. The highest BCUT2D eigenvalue weighted by Gasteiger charge is 2.23. The number of halogens is 1. The van der Waals surface area contributed by atoms with E-state index in [2.05, 4.69) is 29.1 Å². The molecule has 1 aromatic heterocycles. The van der Waals surface area contributed by atoms with E-state index in [1.54, 1.807) is 12.4 Å². The molecule has 2 rings (SSSR count). The zero-order valence-electron chi connectivity index (χ0n) is 9.78. The van der Waals surface area contributed by atoms with Gasteiger partial charge in [0.05, 0.1) is 12.4 Å². The van der Waals surface area contributed by atoms with Crippen LogP contribution in [0.1, 0.15) is 33.1 Å². The molecule has 1 aliphatic carbocycles. The molecule has 1 aromatic rings. The topological polar surface area (TPSA) is 37.8 Å². The maximum atomic E-state index is 5.81. The lowest BCUT2D eigenvalue weighted by atomic mass is 9.80. The summed E-state index contributed by atoms with van der Waals surface area (Å²) in [6, 6.07) is 0.506. The Morgan fingerprint density at radius 3 is 2.50 bits per heavy atom. The number of nitrogens with zero attached hydrogens (tertiary/aromatic N) is 2. The van der Waals surface area contributed by atoms with Crippen molar-refractivity contribution >= 4 is 17.4 Å². The van der Waals surface area contributed by atoms with E-state index in [-0.39, 0.29) is 0 Å². The molecule has 88 valence electrons. The molecule has 0 aromatic carbocycles. The Kier molecular flexibility index (Phi) is 3.64. The summed E-state index contributed by atoms with van der Waals surface area (Å²) >= 11 is 5.81. The molecule has 0 amide bonds. The van der Waals surface area contributed by atoms with E-state index in [1.165, 1.54) is 19.3 Å². The van der Waals surface area contributed by atoms with Gasteiger partial charge in [-0.1, -0.05) is 25.4 Å². The van der Waals surface area contributed by atoms with Crippen LogP contribution in [0, 0.1) is 11.8 Å². The van der Waals surface area contributed by atoms with Crippen molar-refractivity contribution in [3.63, 3.8) is 0 Å². The monoisotopic (exact) mass is 239 g/mol. The SMILES string of the molecule is CC1CC(C)CC(Nc2cncc(Cl)n2)C1. The third-order valence-corrected chi connectivity index (χ3v) is 3.32. The number of nitrogens with one attached hydrogen (secondary N) is 1. The molecule has 0 saturated heterocycles. The Labute approximate surface area is 102 Å². The Morgan fingerprint density at radius 1 is 1.19 bits per heavy atom. The maximum Gasteiger partial charge on any atom is 0.149 e. The summed E-state index contributed by atoms with van der Waals surface area (Å²) in [5.41, 5.74) is 0. The second-order valence-corrected chi connectivity index (χ2v) is 5.37. The number of aromatic nitrogens is 2. The largest absolute Gasteiger partial charge is 0.366 e. The molecule has 4 heteroatoms. The lowest BCUT2D eigenvalue weighted by Gasteiger charge is -2.32. The van der Waals surface area contributed by atoms with Crippen molar-refractivity contribution in [2.24, 2.45) is 11.8 Å². The fourth-order valence-corrected chi connectivity index (χ4v) is 2.83. The van der Waals surface area contributed by atoms with Crippen LogP contribution in [-0.2, 0) is 0 Å². The lowest BCUT2D eigenvalue weighted by molar-refractivity contribution is 0.280. The zero-order valence-corrected chi connectivity index (χ0v) is 10.5. The molecular weight excluding hydrogens is 222 g/mol. The van der Waals surface area contributed by atoms with Gasteiger partial charge in [0.2, 0.25) is 0 Å². The predicted molar refractivity (Wildman–Crippen MR) is 66.6 cm³/mol. The first-order chi connectivity index (χ1) is 7.63. The van der Waals surface area contributed by atoms with E-state index in [9.17, 15) is 0 Å². The summed E-state index contributed by atoms with van der Waals surface area (Å²) in [7, 11) is 0. The average molecular weight is 240 g/mol. The maximum absolute atomic E-state index is 5.81. The Morgan fingerprint density at radius 2 is 1.88 bits per heavy atom. The summed E-state index contributed by atoms with van der Waals surface area (Å²) in [4.78, 5) is 8.24. The highest BCUT2D eigenvalue weighted by atomic mass is 35.5. The van der Waals surface area contributed by atoms with Crippen LogP contribution < -0.4 is 5.32 Å². The van der Waals surface area contributed by atoms with Gasteiger partial charge in [-0.05, 0) is 31.1 Å². The second kappa shape index (κ2) is 5.00. The first-order valence-corrected chi connectivity index (χ1v) is 6.25. The minimum absolute atomic E-state index is 0.446. The number of rotatable bonds is 2. The molecule has 0 spiro atoms. The molecule has 0 aliphatic heterocycles. The van der Waals surface area contributed by atoms with Crippen LogP contribution in [0.4, 0.5) is 5.82 Å². The summed E-state index contributed by atoms with van der Waals surface area (Å²) in [5.74, 6) is 2.36. The predicted octanol–water partition coefficient (Wildman–Crippen LogP) is 3.37. The van der Waals surface area contributed by atoms with E-state index < -0.39 is 0 Å². The molecule has 1 aliphatic rings. The van der Waals surface area contributed by atoms with Gasteiger partial charge >= 0.3 is 0 Å². The smallest absolute Gasteiger partial charge is 0.149 e. The lowest BCUT2D eigenvalue weighted by Crippen LogP contribution is -2.30. The summed E-state index contributed by atoms with van der Waals surface area (Å²) in [6.45, 7) is 4.63. The molecule has 1 heterocycles. The molecule has 2 unspecified atom stereocenters. The van der Waals surface area contributed by atoms with Crippen LogP contribution in [0.15, 0.2) is 12.4 Å². The Hall–Kier alpha value is -0.830. The van der Waals surface area contributed by atoms with Gasteiger partial charge in [0, 0.05) is 6.04 Å². The van der Waals surface area contributed by atoms with Gasteiger partial charge in [-0.15, -0.1) is 0 Å². The first-order valence-electron chi connectivity index (χ1n) is 5.87. The van der Waals surface area contributed by atoms with Gasteiger partial charge in [-0.3, -0.25) is 4.98 Å². The normalized spacial score (nSPS) is 30.1. The van der Waals surface area contributed by atoms with E-state index in [1.807, 2.05) is 0 Å². The number of hydrogen-bond acceptors (Lipinski definition) is 3. The first kappa shape index (κ1) is 11.6. The minimum atomic E-state index is 0.446. The molecule has 16 heavy (non-hydrogen) atoms. The van der Waals surface area contributed by atoms with E-state index in [0.29, 0.717) is 11.2 Å². The van der Waals surface area contributed by atoms with Crippen LogP contribution in [0.2, 0.25) is 5.15 Å². The third kappa shape index (κ3) is 3.08. The van der Waals surface area contributed by atoms with Crippen molar-refractivity contribution in [2.45, 2.75) is 39.2 Å². The van der Waals surface area contributed by atoms with E-state index >= 15 is 0 Å². The van der Waals surface area contributed by atoms with Crippen molar-refractivity contribution in [2.75, 3.05) is 5.32 Å². The summed E-state index contributed by atoms with van der Waals surface area (Å²) < 4.78 is 0. The second-order valence-electron chi connectivity index (χ2n) is 4.99. The Bertz CT molecular complexity index is 346. The highest BCUT2D eigenvalue weighted by molar-refractivity contribution is 6.29. The van der Waals surface area contributed by atoms with Crippen LogP contribution in [0.25, 0.3) is 0 Å². The molecule has 1 N–H and O–H groups in total. The highest BCUT2D eigenvalue weighted by Crippen LogP contribution is 2.30. The van der Waals surface area contributed by atoms with Crippen molar-refractivity contribution in [1.82, 2.24) is 9.97 Å². The van der Waals surface area contributed by atoms with Crippen LogP contribution in [-0.4, -0.2) is 16.0 Å². The van der Waals surface area contributed by atoms with Crippen LogP contribution in [0.5, 0.6) is 0 Å². The Balaban J connectivity index is 1.98. The quantitative estimate of drug-likeness (QED) is 0.860. The molecule has 3 nitrogen and oxygen atoms in total. The molecule has 1 saturated carbocycles. The van der Waals surface area contributed by atoms with Crippen molar-refractivity contribution in [3.05, 3.63) is 17.5 Å². The van der Waals surface area contributed by atoms with Crippen molar-refractivity contribution < 1.29 is 0 Å². The van der Waals surface area contributed by atoms with Gasteiger partial charge in [0.25, 0.3) is 0 Å². The van der Waals surface area contributed by atoms with Gasteiger partial charge in [-0.2, -0.15) is 0 Å². The molecule has 0 bridgehead atoms. The fourth-order valence-electron chi connectivity index (χ4n) is 2.69. The van der Waals surface area contributed by atoms with Gasteiger partial charge < -0.3 is 5.32 Å². The van der Waals surface area contributed by atoms with E-state index in [4.69, 9.17) is 11.6 Å². The summed E-state index contributed by atoms with van der Waals surface area (Å²) in [5, 5.41) is 3.87. The molecular formula is C12H18ClN3. The molecule has 1 fully saturated rings. The van der Waals surface area contributed by atoms with Crippen molar-refractivity contribution in [3.8, 4) is 0 Å². The average Bonchev–Trinajstić information content (AvgIpc) is 2.15. The van der Waals surface area contributed by atoms with E-state index in [0.717, 1.165) is 17.7 Å². The summed E-state index contributed by atoms with van der Waals surface area (Å²) in [6.07, 6.45) is 7.03. The van der Waals surface area contributed by atoms with Gasteiger partial charge in [-0.25, -0.2) is 4.98 Å². The van der Waals surface area contributed by atoms with Gasteiger partial charge in [0.15, 0.2) is 0 Å². The number of anilines is 1.